The predicted molar refractivity (Wildman–Crippen MR) is 103 cm³/mol. The van der Waals surface area contributed by atoms with Gasteiger partial charge in [0.2, 0.25) is 0 Å². The maximum absolute atomic E-state index is 12.6. The number of hydrogen-bond acceptors (Lipinski definition) is 4. The highest BCUT2D eigenvalue weighted by atomic mass is 16.5. The van der Waals surface area contributed by atoms with E-state index in [1.807, 2.05) is 55.4 Å². The molecule has 0 atom stereocenters. The first-order valence-electron chi connectivity index (χ1n) is 9.43. The van der Waals surface area contributed by atoms with Crippen LogP contribution in [0.4, 0.5) is 0 Å². The minimum Gasteiger partial charge on any atom is -0.379 e. The Bertz CT molecular complexity index is 401. The molecule has 0 heterocycles. The molecular formula is C20H41NO4. The first kappa shape index (κ1) is 24.4. The van der Waals surface area contributed by atoms with Crippen LogP contribution in [0.25, 0.3) is 0 Å². The lowest BCUT2D eigenvalue weighted by Gasteiger charge is -2.33. The molecule has 0 saturated heterocycles. The van der Waals surface area contributed by atoms with Crippen molar-refractivity contribution in [3.63, 3.8) is 0 Å². The van der Waals surface area contributed by atoms with Gasteiger partial charge in [-0.15, -0.1) is 0 Å². The minimum atomic E-state index is -0.885. The average Bonchev–Trinajstić information content (AvgIpc) is 2.34. The fourth-order valence-electron chi connectivity index (χ4n) is 2.38. The number of carbonyl (C=O) groups is 1. The van der Waals surface area contributed by atoms with Crippen molar-refractivity contribution in [3.05, 3.63) is 0 Å². The van der Waals surface area contributed by atoms with Crippen LogP contribution in [0, 0.1) is 0 Å². The van der Waals surface area contributed by atoms with Gasteiger partial charge >= 0.3 is 0 Å². The zero-order valence-electron chi connectivity index (χ0n) is 18.1. The lowest BCUT2D eigenvalue weighted by molar-refractivity contribution is -0.148. The minimum absolute atomic E-state index is 0.107. The van der Waals surface area contributed by atoms with E-state index in [0.717, 1.165) is 12.8 Å². The summed E-state index contributed by atoms with van der Waals surface area (Å²) in [5.74, 6) is -0.107. The molecule has 0 aliphatic rings. The second kappa shape index (κ2) is 9.89. The van der Waals surface area contributed by atoms with E-state index in [2.05, 4.69) is 5.32 Å². The van der Waals surface area contributed by atoms with E-state index in [1.165, 1.54) is 0 Å². The smallest absolute Gasteiger partial charge is 0.252 e. The molecule has 25 heavy (non-hydrogen) atoms. The summed E-state index contributed by atoms with van der Waals surface area (Å²) < 4.78 is 17.3. The molecule has 5 nitrogen and oxygen atoms in total. The summed E-state index contributed by atoms with van der Waals surface area (Å²) in [5, 5.41) is 3.07. The second-order valence-corrected chi connectivity index (χ2v) is 9.04. The van der Waals surface area contributed by atoms with E-state index >= 15 is 0 Å². The Balaban J connectivity index is 4.44. The molecule has 1 amide bonds. The van der Waals surface area contributed by atoms with Crippen LogP contribution in [0.3, 0.4) is 0 Å². The molecule has 0 spiro atoms. The topological polar surface area (TPSA) is 56.8 Å². The van der Waals surface area contributed by atoms with Crippen LogP contribution in [-0.4, -0.2) is 48.1 Å². The van der Waals surface area contributed by atoms with Crippen molar-refractivity contribution in [1.29, 1.82) is 0 Å². The van der Waals surface area contributed by atoms with Crippen molar-refractivity contribution in [2.45, 2.75) is 111 Å². The Hall–Kier alpha value is -0.650. The van der Waals surface area contributed by atoms with Gasteiger partial charge in [0.15, 0.2) is 0 Å². The third-order valence-electron chi connectivity index (χ3n) is 3.90. The SMILES string of the molecule is CC(C)OCCC(C)(C)NC(=O)C(C)(C)OCCC(C)(C)OC(C)C. The van der Waals surface area contributed by atoms with Crippen molar-refractivity contribution in [3.8, 4) is 0 Å². The van der Waals surface area contributed by atoms with E-state index < -0.39 is 5.60 Å². The molecule has 0 aromatic carbocycles. The number of rotatable bonds is 12. The van der Waals surface area contributed by atoms with Crippen molar-refractivity contribution >= 4 is 5.91 Å². The van der Waals surface area contributed by atoms with E-state index in [0.29, 0.717) is 13.2 Å². The first-order valence-corrected chi connectivity index (χ1v) is 9.43. The van der Waals surface area contributed by atoms with Gasteiger partial charge in [-0.1, -0.05) is 0 Å². The van der Waals surface area contributed by atoms with Gasteiger partial charge in [-0.2, -0.15) is 0 Å². The van der Waals surface area contributed by atoms with Gasteiger partial charge in [0.1, 0.15) is 5.60 Å². The van der Waals surface area contributed by atoms with Crippen molar-refractivity contribution in [2.24, 2.45) is 0 Å². The Morgan fingerprint density at radius 2 is 1.44 bits per heavy atom. The van der Waals surface area contributed by atoms with Crippen LogP contribution in [0.2, 0.25) is 0 Å². The number of nitrogens with one attached hydrogen (secondary N) is 1. The van der Waals surface area contributed by atoms with Crippen LogP contribution in [-0.2, 0) is 19.0 Å². The second-order valence-electron chi connectivity index (χ2n) is 9.04. The molecule has 0 unspecified atom stereocenters. The summed E-state index contributed by atoms with van der Waals surface area (Å²) in [7, 11) is 0. The van der Waals surface area contributed by atoms with Crippen LogP contribution in [0.15, 0.2) is 0 Å². The number of hydrogen-bond donors (Lipinski definition) is 1. The van der Waals surface area contributed by atoms with Gasteiger partial charge in [0.05, 0.1) is 24.4 Å². The van der Waals surface area contributed by atoms with Crippen molar-refractivity contribution in [2.75, 3.05) is 13.2 Å². The van der Waals surface area contributed by atoms with Crippen molar-refractivity contribution in [1.82, 2.24) is 5.32 Å². The van der Waals surface area contributed by atoms with Crippen LogP contribution in [0.5, 0.6) is 0 Å². The third kappa shape index (κ3) is 11.6. The quantitative estimate of drug-likeness (QED) is 0.570. The lowest BCUT2D eigenvalue weighted by atomic mass is 9.98. The maximum Gasteiger partial charge on any atom is 0.252 e. The number of amides is 1. The molecule has 0 aliphatic carbocycles. The molecule has 1 N–H and O–H groups in total. The monoisotopic (exact) mass is 359 g/mol. The van der Waals surface area contributed by atoms with Crippen LogP contribution >= 0.6 is 0 Å². The Kier molecular flexibility index (Phi) is 9.63. The summed E-state index contributed by atoms with van der Waals surface area (Å²) in [6.07, 6.45) is 1.85. The van der Waals surface area contributed by atoms with Gasteiger partial charge < -0.3 is 19.5 Å². The molecular weight excluding hydrogens is 318 g/mol. The Labute approximate surface area is 155 Å². The molecule has 0 saturated carbocycles. The summed E-state index contributed by atoms with van der Waals surface area (Å²) in [6.45, 7) is 20.8. The fraction of sp³-hybridized carbons (Fsp3) is 0.950. The first-order chi connectivity index (χ1) is 11.2. The zero-order valence-corrected chi connectivity index (χ0v) is 18.1. The molecule has 0 fully saturated rings. The standard InChI is InChI=1S/C20H41NO4/c1-15(2)23-13-11-18(5,6)21-17(22)20(9,10)24-14-12-19(7,8)25-16(3)4/h15-16H,11-14H2,1-10H3,(H,21,22). The van der Waals surface area contributed by atoms with Gasteiger partial charge in [0, 0.05) is 12.1 Å². The van der Waals surface area contributed by atoms with Gasteiger partial charge in [0.25, 0.3) is 5.91 Å². The Morgan fingerprint density at radius 3 is 1.92 bits per heavy atom. The van der Waals surface area contributed by atoms with Crippen LogP contribution < -0.4 is 5.32 Å². The number of ether oxygens (including phenoxy) is 3. The highest BCUT2D eigenvalue weighted by Crippen LogP contribution is 2.20. The normalized spacial score (nSPS) is 13.6. The molecule has 5 heteroatoms. The summed E-state index contributed by atoms with van der Waals surface area (Å²) >= 11 is 0. The third-order valence-corrected chi connectivity index (χ3v) is 3.90. The lowest BCUT2D eigenvalue weighted by Crippen LogP contribution is -2.53. The molecule has 150 valence electrons. The van der Waals surface area contributed by atoms with E-state index in [4.69, 9.17) is 14.2 Å². The van der Waals surface area contributed by atoms with E-state index in [9.17, 15) is 4.79 Å². The highest BCUT2D eigenvalue weighted by molar-refractivity contribution is 5.84. The summed E-state index contributed by atoms with van der Waals surface area (Å²) in [6, 6.07) is 0. The maximum atomic E-state index is 12.6. The van der Waals surface area contributed by atoms with Crippen molar-refractivity contribution < 1.29 is 19.0 Å². The zero-order chi connectivity index (χ0) is 19.9. The van der Waals surface area contributed by atoms with Crippen LogP contribution in [0.1, 0.15) is 82.1 Å². The summed E-state index contributed by atoms with van der Waals surface area (Å²) in [5.41, 5.74) is -1.50. The largest absolute Gasteiger partial charge is 0.379 e. The molecule has 0 aliphatic heterocycles. The predicted octanol–water partition coefficient (Wildman–Crippen LogP) is 4.09. The highest BCUT2D eigenvalue weighted by Gasteiger charge is 2.33. The van der Waals surface area contributed by atoms with Gasteiger partial charge in [-0.25, -0.2) is 0 Å². The molecule has 0 aromatic heterocycles. The van der Waals surface area contributed by atoms with E-state index in [-0.39, 0.29) is 29.3 Å². The molecule has 0 radical (unpaired) electrons. The van der Waals surface area contributed by atoms with E-state index in [1.54, 1.807) is 13.8 Å². The number of carbonyl (C=O) groups excluding carboxylic acids is 1. The summed E-state index contributed by atoms with van der Waals surface area (Å²) in [4.78, 5) is 12.6. The average molecular weight is 360 g/mol. The molecule has 0 rings (SSSR count). The molecule has 0 aromatic rings. The van der Waals surface area contributed by atoms with Gasteiger partial charge in [-0.3, -0.25) is 4.79 Å². The Morgan fingerprint density at radius 1 is 0.880 bits per heavy atom. The fourth-order valence-corrected chi connectivity index (χ4v) is 2.38. The molecule has 0 bridgehead atoms. The van der Waals surface area contributed by atoms with Gasteiger partial charge in [-0.05, 0) is 82.1 Å².